The number of rotatable bonds is 3. The van der Waals surface area contributed by atoms with E-state index in [9.17, 15) is 0 Å². The van der Waals surface area contributed by atoms with Crippen molar-refractivity contribution in [1.29, 1.82) is 0 Å². The lowest BCUT2D eigenvalue weighted by atomic mass is 10.0. The highest BCUT2D eigenvalue weighted by Gasteiger charge is 2.26. The van der Waals surface area contributed by atoms with E-state index in [4.69, 9.17) is 11.6 Å². The minimum absolute atomic E-state index is 0. The molecule has 1 aromatic heterocycles. The molecule has 1 saturated heterocycles. The van der Waals surface area contributed by atoms with Gasteiger partial charge in [-0.05, 0) is 11.6 Å². The van der Waals surface area contributed by atoms with Crippen LogP contribution in [0.4, 0.5) is 0 Å². The van der Waals surface area contributed by atoms with E-state index < -0.39 is 0 Å². The highest BCUT2D eigenvalue weighted by atomic mass is 35.5. The summed E-state index contributed by atoms with van der Waals surface area (Å²) in [5.41, 5.74) is 1.19. The number of hydrogen-bond acceptors (Lipinski definition) is 3. The summed E-state index contributed by atoms with van der Waals surface area (Å²) in [7, 11) is 2.04. The minimum atomic E-state index is 0. The Labute approximate surface area is 136 Å². The number of halogens is 2. The molecule has 2 heterocycles. The molecule has 0 bridgehead atoms. The van der Waals surface area contributed by atoms with Gasteiger partial charge in [0.2, 0.25) is 0 Å². The Hall–Kier alpha value is -1.07. The van der Waals surface area contributed by atoms with E-state index in [0.29, 0.717) is 6.04 Å². The van der Waals surface area contributed by atoms with Crippen LogP contribution in [0.5, 0.6) is 0 Å². The van der Waals surface area contributed by atoms with Gasteiger partial charge in [-0.2, -0.15) is 0 Å². The second kappa shape index (κ2) is 7.27. The predicted octanol–water partition coefficient (Wildman–Crippen LogP) is 2.64. The van der Waals surface area contributed by atoms with Gasteiger partial charge in [0.1, 0.15) is 5.82 Å². The molecule has 4 nitrogen and oxygen atoms in total. The lowest BCUT2D eigenvalue weighted by molar-refractivity contribution is 0.148. The molecule has 0 radical (unpaired) electrons. The van der Waals surface area contributed by atoms with E-state index in [0.717, 1.165) is 37.0 Å². The SMILES string of the molecule is Cl.Cn1ccnc1CN1CCNCC1c1ccccc1Cl. The third-order valence-electron chi connectivity index (χ3n) is 3.88. The number of imidazole rings is 1. The molecule has 1 aliphatic heterocycles. The van der Waals surface area contributed by atoms with Crippen molar-refractivity contribution < 1.29 is 0 Å². The molecule has 1 aliphatic rings. The quantitative estimate of drug-likeness (QED) is 0.941. The number of aromatic nitrogens is 2. The van der Waals surface area contributed by atoms with Crippen molar-refractivity contribution in [1.82, 2.24) is 19.8 Å². The van der Waals surface area contributed by atoms with E-state index in [-0.39, 0.29) is 12.4 Å². The first kappa shape index (κ1) is 16.3. The maximum Gasteiger partial charge on any atom is 0.122 e. The molecule has 0 amide bonds. The number of benzene rings is 1. The number of aryl methyl sites for hydroxylation is 1. The summed E-state index contributed by atoms with van der Waals surface area (Å²) in [5, 5.41) is 4.30. The molecule has 2 aromatic rings. The van der Waals surface area contributed by atoms with Crippen LogP contribution >= 0.6 is 24.0 Å². The first-order chi connectivity index (χ1) is 9.75. The molecule has 0 saturated carbocycles. The molecular formula is C15H20Cl2N4. The van der Waals surface area contributed by atoms with Crippen LogP contribution in [-0.4, -0.2) is 34.1 Å². The Morgan fingerprint density at radius 2 is 2.19 bits per heavy atom. The van der Waals surface area contributed by atoms with Gasteiger partial charge >= 0.3 is 0 Å². The fourth-order valence-electron chi connectivity index (χ4n) is 2.72. The molecule has 1 unspecified atom stereocenters. The molecular weight excluding hydrogens is 307 g/mol. The maximum atomic E-state index is 6.36. The Bertz CT molecular complexity index is 585. The van der Waals surface area contributed by atoms with Gasteiger partial charge in [-0.15, -0.1) is 12.4 Å². The van der Waals surface area contributed by atoms with Gasteiger partial charge in [0.25, 0.3) is 0 Å². The summed E-state index contributed by atoms with van der Waals surface area (Å²) in [4.78, 5) is 6.87. The van der Waals surface area contributed by atoms with Gasteiger partial charge in [-0.1, -0.05) is 29.8 Å². The normalized spacial score (nSPS) is 19.2. The smallest absolute Gasteiger partial charge is 0.122 e. The van der Waals surface area contributed by atoms with Gasteiger partial charge in [0.05, 0.1) is 6.54 Å². The summed E-state index contributed by atoms with van der Waals surface area (Å²) in [5.74, 6) is 1.09. The van der Waals surface area contributed by atoms with Crippen LogP contribution in [0.2, 0.25) is 5.02 Å². The zero-order chi connectivity index (χ0) is 13.9. The zero-order valence-corrected chi connectivity index (χ0v) is 13.6. The second-order valence-corrected chi connectivity index (χ2v) is 5.57. The van der Waals surface area contributed by atoms with Gasteiger partial charge in [0.15, 0.2) is 0 Å². The van der Waals surface area contributed by atoms with E-state index in [2.05, 4.69) is 31.9 Å². The fourth-order valence-corrected chi connectivity index (χ4v) is 2.98. The first-order valence-electron chi connectivity index (χ1n) is 6.91. The fraction of sp³-hybridized carbons (Fsp3) is 0.400. The Balaban J connectivity index is 0.00000161. The van der Waals surface area contributed by atoms with Crippen LogP contribution in [0.1, 0.15) is 17.4 Å². The predicted molar refractivity (Wildman–Crippen MR) is 87.9 cm³/mol. The number of piperazine rings is 1. The molecule has 3 rings (SSSR count). The average molecular weight is 327 g/mol. The molecule has 1 atom stereocenters. The van der Waals surface area contributed by atoms with Crippen molar-refractivity contribution in [2.45, 2.75) is 12.6 Å². The maximum absolute atomic E-state index is 6.36. The lowest BCUT2D eigenvalue weighted by Gasteiger charge is -2.36. The molecule has 114 valence electrons. The summed E-state index contributed by atoms with van der Waals surface area (Å²) in [6.07, 6.45) is 3.84. The molecule has 6 heteroatoms. The van der Waals surface area contributed by atoms with Gasteiger partial charge in [-0.3, -0.25) is 4.90 Å². The van der Waals surface area contributed by atoms with Crippen LogP contribution in [0.15, 0.2) is 36.7 Å². The average Bonchev–Trinajstić information content (AvgIpc) is 2.86. The Morgan fingerprint density at radius 1 is 1.38 bits per heavy atom. The van der Waals surface area contributed by atoms with Gasteiger partial charge in [-0.25, -0.2) is 4.98 Å². The van der Waals surface area contributed by atoms with Crippen molar-refractivity contribution in [3.05, 3.63) is 53.1 Å². The molecule has 1 aromatic carbocycles. The highest BCUT2D eigenvalue weighted by Crippen LogP contribution is 2.29. The van der Waals surface area contributed by atoms with Gasteiger partial charge < -0.3 is 9.88 Å². The topological polar surface area (TPSA) is 33.1 Å². The summed E-state index contributed by atoms with van der Waals surface area (Å²) < 4.78 is 2.08. The van der Waals surface area contributed by atoms with Crippen LogP contribution < -0.4 is 5.32 Å². The molecule has 1 N–H and O–H groups in total. The van der Waals surface area contributed by atoms with Crippen LogP contribution in [-0.2, 0) is 13.6 Å². The zero-order valence-electron chi connectivity index (χ0n) is 12.0. The third kappa shape index (κ3) is 3.58. The van der Waals surface area contributed by atoms with Crippen molar-refractivity contribution >= 4 is 24.0 Å². The summed E-state index contributed by atoms with van der Waals surface area (Å²) >= 11 is 6.36. The molecule has 1 fully saturated rings. The highest BCUT2D eigenvalue weighted by molar-refractivity contribution is 6.31. The Kier molecular flexibility index (Phi) is 5.65. The second-order valence-electron chi connectivity index (χ2n) is 5.17. The van der Waals surface area contributed by atoms with Crippen LogP contribution in [0.3, 0.4) is 0 Å². The largest absolute Gasteiger partial charge is 0.337 e. The monoisotopic (exact) mass is 326 g/mol. The van der Waals surface area contributed by atoms with Gasteiger partial charge in [0, 0.05) is 50.1 Å². The third-order valence-corrected chi connectivity index (χ3v) is 4.23. The van der Waals surface area contributed by atoms with Crippen molar-refractivity contribution in [2.24, 2.45) is 7.05 Å². The van der Waals surface area contributed by atoms with Crippen LogP contribution in [0, 0.1) is 0 Å². The molecule has 0 aliphatic carbocycles. The van der Waals surface area contributed by atoms with Crippen LogP contribution in [0.25, 0.3) is 0 Å². The number of nitrogens with one attached hydrogen (secondary N) is 1. The standard InChI is InChI=1S/C15H19ClN4.ClH/c1-19-8-7-18-15(19)11-20-9-6-17-10-14(20)12-4-2-3-5-13(12)16;/h2-5,7-8,14,17H,6,9-11H2,1H3;1H. The van der Waals surface area contributed by atoms with Crippen molar-refractivity contribution in [3.63, 3.8) is 0 Å². The molecule has 0 spiro atoms. The van der Waals surface area contributed by atoms with E-state index in [1.54, 1.807) is 0 Å². The molecule has 21 heavy (non-hydrogen) atoms. The van der Waals surface area contributed by atoms with E-state index in [1.807, 2.05) is 31.6 Å². The van der Waals surface area contributed by atoms with E-state index in [1.165, 1.54) is 5.56 Å². The number of nitrogens with zero attached hydrogens (tertiary/aromatic N) is 3. The summed E-state index contributed by atoms with van der Waals surface area (Å²) in [6.45, 7) is 3.78. The first-order valence-corrected chi connectivity index (χ1v) is 7.29. The summed E-state index contributed by atoms with van der Waals surface area (Å²) in [6, 6.07) is 8.41. The Morgan fingerprint density at radius 3 is 2.90 bits per heavy atom. The van der Waals surface area contributed by atoms with Crippen molar-refractivity contribution in [3.8, 4) is 0 Å². The van der Waals surface area contributed by atoms with Crippen molar-refractivity contribution in [2.75, 3.05) is 19.6 Å². The number of hydrogen-bond donors (Lipinski definition) is 1. The van der Waals surface area contributed by atoms with E-state index >= 15 is 0 Å². The lowest BCUT2D eigenvalue weighted by Crippen LogP contribution is -2.45. The minimum Gasteiger partial charge on any atom is -0.337 e.